The van der Waals surface area contributed by atoms with Crippen molar-refractivity contribution < 1.29 is 29.0 Å². The standard InChI is InChI=1S/C33H25Cl2IN2O6/c1-44-25-13-15(12-24(36)29(25)39)26-20-10-11-21-27(32(42)37(30(21)40)18-6-2-16(34)3-7-18)22(20)14-23-28(26)33(43)38(31(23)41)19-8-4-17(35)5-9-19/h2-10,12-13,21-23,26-28,39H,11,14H2,1H3. The van der Waals surface area contributed by atoms with Gasteiger partial charge in [0, 0.05) is 16.0 Å². The molecule has 1 N–H and O–H groups in total. The van der Waals surface area contributed by atoms with Crippen molar-refractivity contribution in [3.8, 4) is 11.5 Å². The summed E-state index contributed by atoms with van der Waals surface area (Å²) in [6.45, 7) is 0. The van der Waals surface area contributed by atoms with E-state index in [4.69, 9.17) is 27.9 Å². The maximum atomic E-state index is 14.2. The van der Waals surface area contributed by atoms with Crippen LogP contribution in [0.15, 0.2) is 72.3 Å². The fourth-order valence-corrected chi connectivity index (χ4v) is 8.46. The molecule has 8 nitrogen and oxygen atoms in total. The predicted octanol–water partition coefficient (Wildman–Crippen LogP) is 6.36. The highest BCUT2D eigenvalue weighted by atomic mass is 127. The number of aromatic hydroxyl groups is 1. The Hall–Kier alpha value is -3.41. The molecule has 0 aromatic heterocycles. The van der Waals surface area contributed by atoms with E-state index in [0.29, 0.717) is 37.0 Å². The van der Waals surface area contributed by atoms with Crippen molar-refractivity contribution in [1.29, 1.82) is 0 Å². The molecule has 4 aliphatic rings. The zero-order chi connectivity index (χ0) is 31.0. The number of hydrogen-bond donors (Lipinski definition) is 1. The summed E-state index contributed by atoms with van der Waals surface area (Å²) in [7, 11) is 1.45. The minimum atomic E-state index is -0.748. The molecule has 2 heterocycles. The van der Waals surface area contributed by atoms with Crippen LogP contribution < -0.4 is 14.5 Å². The number of rotatable bonds is 4. The molecule has 11 heteroatoms. The highest BCUT2D eigenvalue weighted by molar-refractivity contribution is 14.1. The summed E-state index contributed by atoms with van der Waals surface area (Å²) in [4.78, 5) is 58.6. The van der Waals surface area contributed by atoms with Crippen molar-refractivity contribution in [2.24, 2.45) is 29.6 Å². The van der Waals surface area contributed by atoms with E-state index in [0.717, 1.165) is 5.57 Å². The number of phenols is 1. The van der Waals surface area contributed by atoms with Crippen molar-refractivity contribution in [2.75, 3.05) is 16.9 Å². The van der Waals surface area contributed by atoms with E-state index in [2.05, 4.69) is 0 Å². The van der Waals surface area contributed by atoms with Gasteiger partial charge >= 0.3 is 0 Å². The Morgan fingerprint density at radius 3 is 1.89 bits per heavy atom. The molecule has 0 radical (unpaired) electrons. The zero-order valence-corrected chi connectivity index (χ0v) is 26.9. The van der Waals surface area contributed by atoms with Gasteiger partial charge < -0.3 is 9.84 Å². The first-order valence-corrected chi connectivity index (χ1v) is 16.0. The van der Waals surface area contributed by atoms with E-state index in [1.165, 1.54) is 16.9 Å². The van der Waals surface area contributed by atoms with E-state index >= 15 is 0 Å². The van der Waals surface area contributed by atoms with Gasteiger partial charge in [0.2, 0.25) is 23.6 Å². The van der Waals surface area contributed by atoms with E-state index in [1.54, 1.807) is 60.7 Å². The highest BCUT2D eigenvalue weighted by Gasteiger charge is 2.62. The van der Waals surface area contributed by atoms with Crippen molar-refractivity contribution in [3.05, 3.63) is 91.5 Å². The van der Waals surface area contributed by atoms with Crippen LogP contribution in [-0.4, -0.2) is 35.8 Å². The molecule has 4 amide bonds. The number of carbonyl (C=O) groups excluding carboxylic acids is 4. The van der Waals surface area contributed by atoms with Gasteiger partial charge in [-0.25, -0.2) is 0 Å². The second-order valence-corrected chi connectivity index (χ2v) is 13.6. The highest BCUT2D eigenvalue weighted by Crippen LogP contribution is 2.59. The molecule has 0 spiro atoms. The first-order valence-electron chi connectivity index (χ1n) is 14.1. The molecule has 44 heavy (non-hydrogen) atoms. The van der Waals surface area contributed by atoms with Crippen LogP contribution in [0.1, 0.15) is 24.3 Å². The number of phenolic OH excluding ortho intramolecular Hbond substituents is 1. The van der Waals surface area contributed by atoms with Gasteiger partial charge in [0.25, 0.3) is 0 Å². The Bertz CT molecular complexity index is 1780. The summed E-state index contributed by atoms with van der Waals surface area (Å²) >= 11 is 14.2. The molecule has 2 aliphatic heterocycles. The molecule has 3 fully saturated rings. The molecular formula is C33H25Cl2IN2O6. The number of carbonyl (C=O) groups is 4. The lowest BCUT2D eigenvalue weighted by Gasteiger charge is -2.44. The van der Waals surface area contributed by atoms with Crippen LogP contribution in [0.5, 0.6) is 11.5 Å². The van der Waals surface area contributed by atoms with E-state index in [1.807, 2.05) is 28.7 Å². The van der Waals surface area contributed by atoms with Gasteiger partial charge in [-0.15, -0.1) is 0 Å². The van der Waals surface area contributed by atoms with Gasteiger partial charge in [0.05, 0.1) is 45.7 Å². The number of hydrogen-bond acceptors (Lipinski definition) is 6. The van der Waals surface area contributed by atoms with Gasteiger partial charge in [-0.2, -0.15) is 0 Å². The molecule has 7 rings (SSSR count). The van der Waals surface area contributed by atoms with Crippen molar-refractivity contribution >= 4 is 80.8 Å². The summed E-state index contributed by atoms with van der Waals surface area (Å²) in [5, 5.41) is 11.6. The summed E-state index contributed by atoms with van der Waals surface area (Å²) in [5.74, 6) is -4.85. The Labute approximate surface area is 276 Å². The Morgan fingerprint density at radius 2 is 1.32 bits per heavy atom. The minimum Gasteiger partial charge on any atom is -0.504 e. The van der Waals surface area contributed by atoms with Crippen LogP contribution in [0, 0.1) is 33.2 Å². The number of fused-ring (bicyclic) bond motifs is 4. The first-order chi connectivity index (χ1) is 21.1. The lowest BCUT2D eigenvalue weighted by atomic mass is 9.57. The van der Waals surface area contributed by atoms with Gasteiger partial charge in [-0.1, -0.05) is 34.9 Å². The molecule has 3 aromatic carbocycles. The molecule has 6 unspecified atom stereocenters. The summed E-state index contributed by atoms with van der Waals surface area (Å²) in [6.07, 6.45) is 2.56. The van der Waals surface area contributed by atoms with Crippen LogP contribution in [0.25, 0.3) is 0 Å². The average Bonchev–Trinajstić information content (AvgIpc) is 3.42. The molecule has 3 aromatic rings. The second kappa shape index (κ2) is 10.9. The maximum absolute atomic E-state index is 14.2. The number of anilines is 2. The summed E-state index contributed by atoms with van der Waals surface area (Å²) in [6, 6.07) is 16.6. The minimum absolute atomic E-state index is 0.0229. The quantitative estimate of drug-likeness (QED) is 0.190. The normalized spacial score (nSPS) is 27.7. The molecule has 6 atom stereocenters. The largest absolute Gasteiger partial charge is 0.504 e. The Morgan fingerprint density at radius 1 is 0.773 bits per heavy atom. The monoisotopic (exact) mass is 742 g/mol. The number of nitrogens with zero attached hydrogens (tertiary/aromatic N) is 2. The second-order valence-electron chi connectivity index (χ2n) is 11.6. The van der Waals surface area contributed by atoms with Crippen molar-refractivity contribution in [2.45, 2.75) is 18.8 Å². The first kappa shape index (κ1) is 29.3. The van der Waals surface area contributed by atoms with Crippen LogP contribution in [0.2, 0.25) is 10.0 Å². The third-order valence-corrected chi connectivity index (χ3v) is 10.8. The van der Waals surface area contributed by atoms with Crippen molar-refractivity contribution in [1.82, 2.24) is 0 Å². The molecule has 1 saturated carbocycles. The Balaban J connectivity index is 1.35. The summed E-state index contributed by atoms with van der Waals surface area (Å²) in [5.41, 5.74) is 2.42. The van der Waals surface area contributed by atoms with Gasteiger partial charge in [-0.05, 0) is 108 Å². The van der Waals surface area contributed by atoms with Crippen molar-refractivity contribution in [3.63, 3.8) is 0 Å². The van der Waals surface area contributed by atoms with Crippen LogP contribution in [-0.2, 0) is 19.2 Å². The number of imide groups is 2. The Kier molecular flexibility index (Phi) is 7.25. The van der Waals surface area contributed by atoms with E-state index in [-0.39, 0.29) is 41.5 Å². The molecular weight excluding hydrogens is 718 g/mol. The molecule has 224 valence electrons. The van der Waals surface area contributed by atoms with Gasteiger partial charge in [0.15, 0.2) is 11.5 Å². The maximum Gasteiger partial charge on any atom is 0.238 e. The van der Waals surface area contributed by atoms with Crippen LogP contribution in [0.3, 0.4) is 0 Å². The summed E-state index contributed by atoms with van der Waals surface area (Å²) < 4.78 is 5.99. The fraction of sp³-hybridized carbons (Fsp3) is 0.273. The van der Waals surface area contributed by atoms with E-state index in [9.17, 15) is 24.3 Å². The topological polar surface area (TPSA) is 104 Å². The third-order valence-electron chi connectivity index (χ3n) is 9.45. The molecule has 2 saturated heterocycles. The zero-order valence-electron chi connectivity index (χ0n) is 23.2. The van der Waals surface area contributed by atoms with Gasteiger partial charge in [-0.3, -0.25) is 29.0 Å². The molecule has 0 bridgehead atoms. The lowest BCUT2D eigenvalue weighted by Crippen LogP contribution is -2.43. The predicted molar refractivity (Wildman–Crippen MR) is 173 cm³/mol. The SMILES string of the molecule is COc1cc(C2C3=CCC4C(=O)N(c5ccc(Cl)cc5)C(=O)C4C3CC3C(=O)N(c4ccc(Cl)cc4)C(=O)C32)cc(I)c1O. The number of allylic oxidation sites excluding steroid dienone is 2. The smallest absolute Gasteiger partial charge is 0.238 e. The lowest BCUT2D eigenvalue weighted by molar-refractivity contribution is -0.126. The molecule has 2 aliphatic carbocycles. The number of halogens is 3. The van der Waals surface area contributed by atoms with Crippen LogP contribution in [0.4, 0.5) is 11.4 Å². The van der Waals surface area contributed by atoms with E-state index < -0.39 is 35.5 Å². The van der Waals surface area contributed by atoms with Gasteiger partial charge in [0.1, 0.15) is 0 Å². The third kappa shape index (κ3) is 4.38. The number of methoxy groups -OCH3 is 1. The fourth-order valence-electron chi connectivity index (χ4n) is 7.58. The number of benzene rings is 3. The number of amides is 4. The number of ether oxygens (including phenoxy) is 1. The average molecular weight is 743 g/mol. The van der Waals surface area contributed by atoms with Crippen LogP contribution >= 0.6 is 45.8 Å².